The lowest BCUT2D eigenvalue weighted by Gasteiger charge is -2.37. The van der Waals surface area contributed by atoms with E-state index in [0.717, 1.165) is 42.4 Å². The van der Waals surface area contributed by atoms with Crippen molar-refractivity contribution in [1.82, 2.24) is 14.4 Å². The molecule has 0 atom stereocenters. The van der Waals surface area contributed by atoms with Crippen LogP contribution in [0.15, 0.2) is 41.5 Å². The van der Waals surface area contributed by atoms with Crippen molar-refractivity contribution in [2.45, 2.75) is 44.6 Å². The maximum atomic E-state index is 14.0. The molecule has 1 fully saturated rings. The zero-order chi connectivity index (χ0) is 22.6. The van der Waals surface area contributed by atoms with Crippen molar-refractivity contribution in [2.75, 3.05) is 14.1 Å². The number of nitrogens with one attached hydrogen (secondary N) is 1. The monoisotopic (exact) mass is 437 g/mol. The van der Waals surface area contributed by atoms with Crippen LogP contribution in [0.5, 0.6) is 0 Å². The molecular weight excluding hydrogens is 411 g/mol. The molecule has 3 aromatic heterocycles. The second kappa shape index (κ2) is 7.41. The molecule has 3 heterocycles. The molecular formula is C24H26FN4O3+. The van der Waals surface area contributed by atoms with Gasteiger partial charge in [0.05, 0.1) is 16.6 Å². The molecule has 1 saturated carbocycles. The Kier molecular flexibility index (Phi) is 4.78. The Balaban J connectivity index is 1.56. The van der Waals surface area contributed by atoms with E-state index in [0.29, 0.717) is 16.3 Å². The van der Waals surface area contributed by atoms with Gasteiger partial charge in [0.2, 0.25) is 0 Å². The Hall–Kier alpha value is -3.26. The number of fused-ring (bicyclic) bond motifs is 6. The van der Waals surface area contributed by atoms with Gasteiger partial charge in [0.25, 0.3) is 5.56 Å². The first-order chi connectivity index (χ1) is 15.2. The van der Waals surface area contributed by atoms with Crippen LogP contribution in [0.1, 0.15) is 44.2 Å². The summed E-state index contributed by atoms with van der Waals surface area (Å²) in [6, 6.07) is 6.57. The fourth-order valence-corrected chi connectivity index (χ4v) is 5.22. The second-order valence-electron chi connectivity index (χ2n) is 9.14. The zero-order valence-electron chi connectivity index (χ0n) is 18.4. The highest BCUT2D eigenvalue weighted by Gasteiger charge is 2.37. The number of carbonyl (C=O) groups is 1. The number of aromatic amines is 1. The summed E-state index contributed by atoms with van der Waals surface area (Å²) in [5.41, 5.74) is 2.16. The summed E-state index contributed by atoms with van der Waals surface area (Å²) >= 11 is 0. The minimum Gasteiger partial charge on any atom is -0.328 e. The summed E-state index contributed by atoms with van der Waals surface area (Å²) in [4.78, 5) is 37.2. The third kappa shape index (κ3) is 3.35. The molecule has 166 valence electrons. The van der Waals surface area contributed by atoms with Crippen LogP contribution in [0.4, 0.5) is 4.39 Å². The summed E-state index contributed by atoms with van der Waals surface area (Å²) < 4.78 is 16.2. The largest absolute Gasteiger partial charge is 0.363 e. The summed E-state index contributed by atoms with van der Waals surface area (Å²) in [5.74, 6) is -0.385. The summed E-state index contributed by atoms with van der Waals surface area (Å²) in [5, 5.41) is 1.78. The summed E-state index contributed by atoms with van der Waals surface area (Å²) in [6.07, 6.45) is 7.33. The van der Waals surface area contributed by atoms with Gasteiger partial charge in [-0.2, -0.15) is 0 Å². The number of nitrogens with zero attached hydrogens (tertiary/aromatic N) is 3. The van der Waals surface area contributed by atoms with Crippen molar-refractivity contribution in [3.05, 3.63) is 58.5 Å². The Morgan fingerprint density at radius 1 is 1.19 bits per heavy atom. The van der Waals surface area contributed by atoms with Crippen LogP contribution in [0, 0.1) is 5.82 Å². The van der Waals surface area contributed by atoms with Crippen LogP contribution in [-0.4, -0.2) is 45.1 Å². The van der Waals surface area contributed by atoms with Gasteiger partial charge in [-0.1, -0.05) is 0 Å². The van der Waals surface area contributed by atoms with Gasteiger partial charge >= 0.3 is 5.97 Å². The maximum absolute atomic E-state index is 14.0. The van der Waals surface area contributed by atoms with Gasteiger partial charge in [-0.05, 0) is 37.1 Å². The molecule has 0 spiro atoms. The van der Waals surface area contributed by atoms with E-state index in [1.807, 2.05) is 30.8 Å². The number of pyridine rings is 2. The molecule has 0 amide bonds. The number of halogens is 1. The number of hydrogen-bond donors (Lipinski definition) is 1. The lowest BCUT2D eigenvalue weighted by atomic mass is 9.84. The normalized spacial score (nSPS) is 19.6. The molecule has 0 saturated heterocycles. The molecule has 1 aliphatic rings. The van der Waals surface area contributed by atoms with E-state index in [-0.39, 0.29) is 34.0 Å². The van der Waals surface area contributed by atoms with E-state index in [4.69, 9.17) is 9.82 Å². The van der Waals surface area contributed by atoms with Crippen molar-refractivity contribution in [3.63, 3.8) is 0 Å². The van der Waals surface area contributed by atoms with Gasteiger partial charge in [0, 0.05) is 48.8 Å². The minimum atomic E-state index is -0.384. The predicted octanol–water partition coefficient (Wildman–Crippen LogP) is 4.05. The molecule has 0 bridgehead atoms. The molecule has 4 aromatic rings. The molecule has 1 N–H and O–H groups in total. The third-order valence-corrected chi connectivity index (χ3v) is 6.77. The highest BCUT2D eigenvalue weighted by molar-refractivity contribution is 6.11. The summed E-state index contributed by atoms with van der Waals surface area (Å²) in [6.45, 7) is 1.44. The quantitative estimate of drug-likeness (QED) is 0.298. The average Bonchev–Trinajstić information content (AvgIpc) is 3.19. The molecule has 7 nitrogen and oxygen atoms in total. The van der Waals surface area contributed by atoms with Crippen LogP contribution < -0.4 is 5.56 Å². The molecule has 0 unspecified atom stereocenters. The van der Waals surface area contributed by atoms with Crippen LogP contribution in [0.2, 0.25) is 0 Å². The predicted molar refractivity (Wildman–Crippen MR) is 120 cm³/mol. The van der Waals surface area contributed by atoms with Crippen LogP contribution >= 0.6 is 0 Å². The molecule has 0 aliphatic heterocycles. The lowest BCUT2D eigenvalue weighted by molar-refractivity contribution is -1.08. The van der Waals surface area contributed by atoms with E-state index >= 15 is 0 Å². The second-order valence-corrected chi connectivity index (χ2v) is 9.14. The fourth-order valence-electron chi connectivity index (χ4n) is 5.22. The number of quaternary nitrogens is 1. The van der Waals surface area contributed by atoms with Gasteiger partial charge in [-0.3, -0.25) is 14.0 Å². The van der Waals surface area contributed by atoms with Crippen molar-refractivity contribution in [2.24, 2.45) is 0 Å². The Bertz CT molecular complexity index is 1410. The highest BCUT2D eigenvalue weighted by Crippen LogP contribution is 2.37. The van der Waals surface area contributed by atoms with E-state index < -0.39 is 0 Å². The Morgan fingerprint density at radius 2 is 1.94 bits per heavy atom. The molecule has 5 rings (SSSR count). The van der Waals surface area contributed by atoms with E-state index in [2.05, 4.69) is 4.98 Å². The van der Waals surface area contributed by atoms with Crippen molar-refractivity contribution in [3.8, 4) is 0 Å². The van der Waals surface area contributed by atoms with E-state index in [1.54, 1.807) is 12.3 Å². The van der Waals surface area contributed by atoms with Crippen LogP contribution in [0.25, 0.3) is 27.3 Å². The molecule has 1 aliphatic carbocycles. The first-order valence-electron chi connectivity index (χ1n) is 10.9. The average molecular weight is 437 g/mol. The van der Waals surface area contributed by atoms with E-state index in [9.17, 15) is 14.0 Å². The van der Waals surface area contributed by atoms with Gasteiger partial charge in [0.1, 0.15) is 31.6 Å². The maximum Gasteiger partial charge on any atom is 0.363 e. The number of imidazole rings is 1. The van der Waals surface area contributed by atoms with Crippen molar-refractivity contribution >= 4 is 33.3 Å². The zero-order valence-corrected chi connectivity index (χ0v) is 18.4. The summed E-state index contributed by atoms with van der Waals surface area (Å²) in [7, 11) is 3.85. The lowest BCUT2D eigenvalue weighted by Crippen LogP contribution is -2.50. The van der Waals surface area contributed by atoms with Crippen molar-refractivity contribution in [1.29, 1.82) is 0 Å². The van der Waals surface area contributed by atoms with Crippen LogP contribution in [0.3, 0.4) is 0 Å². The van der Waals surface area contributed by atoms with Gasteiger partial charge in [-0.15, -0.1) is 4.65 Å². The SMILES string of the molecule is CC(=O)O[N+](C)(C)C1CCC(c2cn3c4cc[nH]c(=O)c4c4cc(F)ccc4c3n2)CC1. The smallest absolute Gasteiger partial charge is 0.328 e. The molecule has 32 heavy (non-hydrogen) atoms. The number of H-pyrrole nitrogens is 1. The van der Waals surface area contributed by atoms with Gasteiger partial charge in [0.15, 0.2) is 0 Å². The number of benzene rings is 1. The Morgan fingerprint density at radius 3 is 2.66 bits per heavy atom. The number of carbonyl (C=O) groups excluding carboxylic acids is 1. The number of hydroxylamine groups is 3. The first-order valence-corrected chi connectivity index (χ1v) is 10.9. The number of rotatable bonds is 3. The molecule has 0 radical (unpaired) electrons. The highest BCUT2D eigenvalue weighted by atomic mass is 19.1. The minimum absolute atomic E-state index is 0.233. The number of aromatic nitrogens is 3. The standard InChI is InChI=1S/C24H25FN4O3/c1-14(30)32-29(2,3)17-7-4-15(5-8-17)20-13-28-21-10-11-26-24(31)22(21)19-12-16(25)6-9-18(19)23(28)27-20/h6,9-13,15,17H,4-5,7-8H2,1-3H3/p+1. The number of hydrogen-bond acceptors (Lipinski definition) is 4. The first kappa shape index (κ1) is 20.6. The molecule has 8 heteroatoms. The van der Waals surface area contributed by atoms with Gasteiger partial charge < -0.3 is 4.98 Å². The molecule has 1 aromatic carbocycles. The van der Waals surface area contributed by atoms with E-state index in [1.165, 1.54) is 19.1 Å². The van der Waals surface area contributed by atoms with Crippen molar-refractivity contribution < 1.29 is 18.7 Å². The third-order valence-electron chi connectivity index (χ3n) is 6.77. The fraction of sp³-hybridized carbons (Fsp3) is 0.375. The van der Waals surface area contributed by atoms with Gasteiger partial charge in [-0.25, -0.2) is 14.2 Å². The van der Waals surface area contributed by atoms with Crippen LogP contribution in [-0.2, 0) is 9.63 Å². The topological polar surface area (TPSA) is 76.5 Å². The Labute approximate surface area is 184 Å².